The Balaban J connectivity index is 1.93. The van der Waals surface area contributed by atoms with Crippen LogP contribution in [0.25, 0.3) is 0 Å². The maximum absolute atomic E-state index is 12.2. The van der Waals surface area contributed by atoms with Gasteiger partial charge in [-0.05, 0) is 58.5 Å². The third-order valence-electron chi connectivity index (χ3n) is 3.31. The smallest absolute Gasteiger partial charge is 0.270 e. The van der Waals surface area contributed by atoms with Crippen molar-refractivity contribution in [2.45, 2.75) is 0 Å². The van der Waals surface area contributed by atoms with Crippen LogP contribution in [0.5, 0.6) is 5.75 Å². The monoisotopic (exact) mass is 453 g/mol. The van der Waals surface area contributed by atoms with Gasteiger partial charge in [-0.15, -0.1) is 0 Å². The Morgan fingerprint density at radius 2 is 1.93 bits per heavy atom. The second-order valence-corrected chi connectivity index (χ2v) is 6.46. The number of amides is 1. The van der Waals surface area contributed by atoms with Gasteiger partial charge >= 0.3 is 0 Å². The number of anilines is 1. The van der Waals surface area contributed by atoms with E-state index in [0.29, 0.717) is 34.7 Å². The lowest BCUT2D eigenvalue weighted by molar-refractivity contribution is -0.384. The molecule has 0 fully saturated rings. The van der Waals surface area contributed by atoms with E-state index in [1.807, 2.05) is 0 Å². The Kier molecular flexibility index (Phi) is 7.65. The lowest BCUT2D eigenvalue weighted by Gasteiger charge is -2.11. The second kappa shape index (κ2) is 9.95. The van der Waals surface area contributed by atoms with Gasteiger partial charge in [0.2, 0.25) is 0 Å². The zero-order valence-corrected chi connectivity index (χ0v) is 16.6. The Morgan fingerprint density at radius 3 is 2.52 bits per heavy atom. The number of nitrogens with one attached hydrogen (secondary N) is 2. The summed E-state index contributed by atoms with van der Waals surface area (Å²) in [4.78, 5) is 22.5. The Morgan fingerprint density at radius 1 is 1.22 bits per heavy atom. The van der Waals surface area contributed by atoms with Gasteiger partial charge in [-0.2, -0.15) is 0 Å². The fourth-order valence-electron chi connectivity index (χ4n) is 1.99. The molecule has 0 saturated carbocycles. The lowest BCUT2D eigenvalue weighted by atomic mass is 10.2. The number of hydrogen-bond donors (Lipinski definition) is 2. The van der Waals surface area contributed by atoms with Crippen molar-refractivity contribution in [2.24, 2.45) is 0 Å². The molecule has 142 valence electrons. The largest absolute Gasteiger partial charge is 0.491 e. The number of benzene rings is 2. The summed E-state index contributed by atoms with van der Waals surface area (Å²) in [7, 11) is 1.59. The van der Waals surface area contributed by atoms with Crippen molar-refractivity contribution in [1.29, 1.82) is 0 Å². The molecule has 2 N–H and O–H groups in total. The molecule has 0 saturated heterocycles. The molecule has 0 radical (unpaired) electrons. The number of nitro benzene ring substituents is 1. The van der Waals surface area contributed by atoms with Crippen LogP contribution in [0.4, 0.5) is 11.4 Å². The molecule has 0 aliphatic rings. The molecular formula is C17H16BrN3O5S. The molecule has 0 aliphatic heterocycles. The van der Waals surface area contributed by atoms with Crippen molar-refractivity contribution in [3.63, 3.8) is 0 Å². The normalized spacial score (nSPS) is 10.1. The van der Waals surface area contributed by atoms with Gasteiger partial charge < -0.3 is 14.8 Å². The summed E-state index contributed by atoms with van der Waals surface area (Å²) in [6, 6.07) is 10.7. The Hall–Kier alpha value is -2.56. The highest BCUT2D eigenvalue weighted by atomic mass is 79.9. The van der Waals surface area contributed by atoms with Crippen LogP contribution in [0.2, 0.25) is 0 Å². The predicted molar refractivity (Wildman–Crippen MR) is 108 cm³/mol. The minimum absolute atomic E-state index is 0.0600. The van der Waals surface area contributed by atoms with Crippen molar-refractivity contribution >= 4 is 50.5 Å². The number of nitro groups is 1. The van der Waals surface area contributed by atoms with Crippen molar-refractivity contribution in [3.05, 3.63) is 62.6 Å². The van der Waals surface area contributed by atoms with Crippen molar-refractivity contribution < 1.29 is 19.2 Å². The predicted octanol–water partition coefficient (Wildman–Crippen LogP) is 3.51. The average molecular weight is 454 g/mol. The SMILES string of the molecule is COCCOc1ccc(C(=O)NC(=S)Nc2ccc([N+](=O)[O-])cc2Br)cc1. The molecule has 1 amide bonds. The van der Waals surface area contributed by atoms with Crippen LogP contribution in [0.1, 0.15) is 10.4 Å². The molecular weight excluding hydrogens is 438 g/mol. The van der Waals surface area contributed by atoms with Crippen LogP contribution in [-0.4, -0.2) is 36.3 Å². The first-order chi connectivity index (χ1) is 12.9. The second-order valence-electron chi connectivity index (χ2n) is 5.20. The van der Waals surface area contributed by atoms with Crippen LogP contribution in [0.15, 0.2) is 46.9 Å². The van der Waals surface area contributed by atoms with E-state index in [4.69, 9.17) is 21.7 Å². The van der Waals surface area contributed by atoms with E-state index in [-0.39, 0.29) is 10.8 Å². The number of carbonyl (C=O) groups excluding carboxylic acids is 1. The highest BCUT2D eigenvalue weighted by Crippen LogP contribution is 2.27. The molecule has 0 unspecified atom stereocenters. The highest BCUT2D eigenvalue weighted by molar-refractivity contribution is 9.10. The number of ether oxygens (including phenoxy) is 2. The summed E-state index contributed by atoms with van der Waals surface area (Å²) >= 11 is 8.34. The third-order valence-corrected chi connectivity index (χ3v) is 4.17. The van der Waals surface area contributed by atoms with Crippen LogP contribution < -0.4 is 15.4 Å². The topological polar surface area (TPSA) is 103 Å². The van der Waals surface area contributed by atoms with E-state index < -0.39 is 10.8 Å². The van der Waals surface area contributed by atoms with E-state index in [1.54, 1.807) is 31.4 Å². The maximum atomic E-state index is 12.2. The number of methoxy groups -OCH3 is 1. The highest BCUT2D eigenvalue weighted by Gasteiger charge is 2.12. The zero-order valence-electron chi connectivity index (χ0n) is 14.2. The Labute approximate surface area is 169 Å². The van der Waals surface area contributed by atoms with E-state index >= 15 is 0 Å². The zero-order chi connectivity index (χ0) is 19.8. The first kappa shape index (κ1) is 20.7. The molecule has 0 aromatic heterocycles. The summed E-state index contributed by atoms with van der Waals surface area (Å²) in [5, 5.41) is 16.2. The third kappa shape index (κ3) is 6.27. The summed E-state index contributed by atoms with van der Waals surface area (Å²) in [5.74, 6) is 0.230. The van der Waals surface area contributed by atoms with Crippen LogP contribution in [-0.2, 0) is 4.74 Å². The summed E-state index contributed by atoms with van der Waals surface area (Å²) in [6.45, 7) is 0.889. The number of non-ortho nitro benzene ring substituents is 1. The van der Waals surface area contributed by atoms with Gasteiger partial charge in [0.05, 0.1) is 17.2 Å². The van der Waals surface area contributed by atoms with Crippen LogP contribution in [0, 0.1) is 10.1 Å². The molecule has 27 heavy (non-hydrogen) atoms. The first-order valence-corrected chi connectivity index (χ1v) is 8.89. The summed E-state index contributed by atoms with van der Waals surface area (Å²) < 4.78 is 10.8. The molecule has 0 bridgehead atoms. The molecule has 0 aliphatic carbocycles. The fraction of sp³-hybridized carbons (Fsp3) is 0.176. The van der Waals surface area contributed by atoms with Gasteiger partial charge in [0.1, 0.15) is 12.4 Å². The van der Waals surface area contributed by atoms with Crippen LogP contribution in [0.3, 0.4) is 0 Å². The molecule has 2 aromatic carbocycles. The van der Waals surface area contributed by atoms with E-state index in [2.05, 4.69) is 26.6 Å². The van der Waals surface area contributed by atoms with Gasteiger partial charge in [-0.1, -0.05) is 0 Å². The van der Waals surface area contributed by atoms with Gasteiger partial charge in [-0.25, -0.2) is 0 Å². The number of thiocarbonyl (C=S) groups is 1. The van der Waals surface area contributed by atoms with E-state index in [9.17, 15) is 14.9 Å². The minimum atomic E-state index is -0.503. The Bertz CT molecular complexity index is 845. The van der Waals surface area contributed by atoms with Crippen molar-refractivity contribution in [2.75, 3.05) is 25.6 Å². The molecule has 2 rings (SSSR count). The van der Waals surface area contributed by atoms with Gasteiger partial charge in [0, 0.05) is 29.3 Å². The average Bonchev–Trinajstić information content (AvgIpc) is 2.64. The first-order valence-electron chi connectivity index (χ1n) is 7.69. The van der Waals surface area contributed by atoms with E-state index in [0.717, 1.165) is 0 Å². The molecule has 0 heterocycles. The quantitative estimate of drug-likeness (QED) is 0.286. The summed E-state index contributed by atoms with van der Waals surface area (Å²) in [6.07, 6.45) is 0. The molecule has 10 heteroatoms. The van der Waals surface area contributed by atoms with E-state index in [1.165, 1.54) is 18.2 Å². The number of carbonyl (C=O) groups is 1. The molecule has 0 atom stereocenters. The number of nitrogens with zero attached hydrogens (tertiary/aromatic N) is 1. The van der Waals surface area contributed by atoms with Crippen LogP contribution >= 0.6 is 28.1 Å². The summed E-state index contributed by atoms with van der Waals surface area (Å²) in [5.41, 5.74) is 0.837. The minimum Gasteiger partial charge on any atom is -0.491 e. The molecule has 0 spiro atoms. The van der Waals surface area contributed by atoms with Gasteiger partial charge in [0.15, 0.2) is 5.11 Å². The molecule has 2 aromatic rings. The van der Waals surface area contributed by atoms with Crippen molar-refractivity contribution in [3.8, 4) is 5.75 Å². The van der Waals surface area contributed by atoms with Crippen molar-refractivity contribution in [1.82, 2.24) is 5.32 Å². The number of rotatable bonds is 7. The maximum Gasteiger partial charge on any atom is 0.270 e. The van der Waals surface area contributed by atoms with Gasteiger partial charge in [0.25, 0.3) is 11.6 Å². The standard InChI is InChI=1S/C17H16BrN3O5S/c1-25-8-9-26-13-5-2-11(3-6-13)16(22)20-17(27)19-15-7-4-12(21(23)24)10-14(15)18/h2-7,10H,8-9H2,1H3,(H2,19,20,22,27). The number of halogens is 1. The lowest BCUT2D eigenvalue weighted by Crippen LogP contribution is -2.34. The molecule has 8 nitrogen and oxygen atoms in total. The fourth-order valence-corrected chi connectivity index (χ4v) is 2.66. The van der Waals surface area contributed by atoms with Gasteiger partial charge in [-0.3, -0.25) is 20.2 Å². The number of hydrogen-bond acceptors (Lipinski definition) is 6.